The summed E-state index contributed by atoms with van der Waals surface area (Å²) in [5.74, 6) is -0.253. The van der Waals surface area contributed by atoms with Crippen LogP contribution in [-0.2, 0) is 4.74 Å². The van der Waals surface area contributed by atoms with Crippen molar-refractivity contribution in [3.63, 3.8) is 0 Å². The van der Waals surface area contributed by atoms with Crippen LogP contribution in [0.15, 0.2) is 22.7 Å². The van der Waals surface area contributed by atoms with Gasteiger partial charge in [0, 0.05) is 16.6 Å². The van der Waals surface area contributed by atoms with Gasteiger partial charge in [-0.05, 0) is 24.6 Å². The molecule has 1 amide bonds. The first-order valence-corrected chi connectivity index (χ1v) is 6.20. The highest BCUT2D eigenvalue weighted by atomic mass is 79.9. The summed E-state index contributed by atoms with van der Waals surface area (Å²) >= 11 is 3.34. The number of benzene rings is 1. The van der Waals surface area contributed by atoms with E-state index in [1.165, 1.54) is 0 Å². The molecule has 18 heavy (non-hydrogen) atoms. The molecule has 1 aromatic carbocycles. The van der Waals surface area contributed by atoms with Gasteiger partial charge in [-0.1, -0.05) is 22.0 Å². The third kappa shape index (κ3) is 5.10. The molecule has 0 saturated carbocycles. The molecular weight excluding hydrogens is 308 g/mol. The highest BCUT2D eigenvalue weighted by molar-refractivity contribution is 9.10. The van der Waals surface area contributed by atoms with Crippen LogP contribution < -0.4 is 5.32 Å². The van der Waals surface area contributed by atoms with E-state index < -0.39 is 13.0 Å². The van der Waals surface area contributed by atoms with Crippen molar-refractivity contribution in [2.24, 2.45) is 0 Å². The summed E-state index contributed by atoms with van der Waals surface area (Å²) in [6.07, 6.45) is -2.48. The second kappa shape index (κ2) is 7.43. The fourth-order valence-electron chi connectivity index (χ4n) is 1.25. The normalized spacial score (nSPS) is 10.7. The topological polar surface area (TPSA) is 38.3 Å². The lowest BCUT2D eigenvalue weighted by Crippen LogP contribution is -2.27. The molecule has 0 saturated heterocycles. The minimum atomic E-state index is -2.48. The van der Waals surface area contributed by atoms with E-state index in [1.807, 2.05) is 13.0 Å². The Labute approximate surface area is 113 Å². The number of rotatable bonds is 6. The molecule has 3 nitrogen and oxygen atoms in total. The molecule has 0 atom stereocenters. The molecule has 0 unspecified atom stereocenters. The molecule has 0 spiro atoms. The molecule has 0 bridgehead atoms. The molecule has 0 radical (unpaired) electrons. The first-order valence-electron chi connectivity index (χ1n) is 5.41. The molecular formula is C12H14BrF2NO2. The van der Waals surface area contributed by atoms with E-state index in [2.05, 4.69) is 26.0 Å². The molecule has 1 aromatic rings. The molecule has 1 rings (SSSR count). The summed E-state index contributed by atoms with van der Waals surface area (Å²) in [5.41, 5.74) is 1.55. The summed E-state index contributed by atoms with van der Waals surface area (Å²) in [4.78, 5) is 11.7. The molecule has 100 valence electrons. The third-order valence-corrected chi connectivity index (χ3v) is 3.06. The van der Waals surface area contributed by atoms with Crippen LogP contribution in [0.3, 0.4) is 0 Å². The number of nitrogens with one attached hydrogen (secondary N) is 1. The number of hydrogen-bond donors (Lipinski definition) is 1. The van der Waals surface area contributed by atoms with E-state index >= 15 is 0 Å². The second-order valence-electron chi connectivity index (χ2n) is 3.69. The zero-order valence-corrected chi connectivity index (χ0v) is 11.5. The van der Waals surface area contributed by atoms with Gasteiger partial charge in [0.05, 0.1) is 6.61 Å². The maximum atomic E-state index is 11.8. The fourth-order valence-corrected chi connectivity index (χ4v) is 1.62. The Balaban J connectivity index is 2.34. The van der Waals surface area contributed by atoms with Crippen molar-refractivity contribution >= 4 is 21.8 Å². The van der Waals surface area contributed by atoms with Crippen LogP contribution in [0.4, 0.5) is 8.78 Å². The van der Waals surface area contributed by atoms with Gasteiger partial charge in [-0.3, -0.25) is 4.79 Å². The summed E-state index contributed by atoms with van der Waals surface area (Å²) in [6.45, 7) is 1.59. The van der Waals surface area contributed by atoms with Crippen LogP contribution in [0.5, 0.6) is 0 Å². The van der Waals surface area contributed by atoms with Crippen molar-refractivity contribution in [1.29, 1.82) is 0 Å². The molecule has 0 fully saturated rings. The summed E-state index contributed by atoms with van der Waals surface area (Å²) in [6, 6.07) is 5.24. The first-order chi connectivity index (χ1) is 8.50. The van der Waals surface area contributed by atoms with E-state index in [-0.39, 0.29) is 19.1 Å². The Morgan fingerprint density at radius 2 is 2.22 bits per heavy atom. The van der Waals surface area contributed by atoms with Crippen LogP contribution in [0.2, 0.25) is 0 Å². The van der Waals surface area contributed by atoms with E-state index in [4.69, 9.17) is 0 Å². The van der Waals surface area contributed by atoms with Crippen LogP contribution in [0.1, 0.15) is 15.9 Å². The third-order valence-electron chi connectivity index (χ3n) is 2.21. The van der Waals surface area contributed by atoms with E-state index in [0.29, 0.717) is 5.56 Å². The van der Waals surface area contributed by atoms with Crippen molar-refractivity contribution in [1.82, 2.24) is 5.32 Å². The number of carbonyl (C=O) groups excluding carboxylic acids is 1. The average molecular weight is 322 g/mol. The Morgan fingerprint density at radius 1 is 1.50 bits per heavy atom. The number of hydrogen-bond acceptors (Lipinski definition) is 2. The lowest BCUT2D eigenvalue weighted by atomic mass is 10.1. The number of alkyl halides is 2. The fraction of sp³-hybridized carbons (Fsp3) is 0.417. The number of aryl methyl sites for hydroxylation is 1. The van der Waals surface area contributed by atoms with Gasteiger partial charge >= 0.3 is 0 Å². The van der Waals surface area contributed by atoms with Crippen molar-refractivity contribution in [2.75, 3.05) is 19.8 Å². The van der Waals surface area contributed by atoms with Gasteiger partial charge in [0.15, 0.2) is 0 Å². The van der Waals surface area contributed by atoms with Crippen molar-refractivity contribution in [2.45, 2.75) is 13.3 Å². The number of amides is 1. The summed E-state index contributed by atoms with van der Waals surface area (Å²) < 4.78 is 29.0. The average Bonchev–Trinajstić information content (AvgIpc) is 2.31. The van der Waals surface area contributed by atoms with Crippen molar-refractivity contribution in [3.05, 3.63) is 33.8 Å². The number of carbonyl (C=O) groups is 1. The largest absolute Gasteiger partial charge is 0.374 e. The second-order valence-corrected chi connectivity index (χ2v) is 4.54. The molecule has 0 aromatic heterocycles. The predicted octanol–water partition coefficient (Wildman–Crippen LogP) is 2.77. The van der Waals surface area contributed by atoms with Crippen LogP contribution in [0, 0.1) is 6.92 Å². The Morgan fingerprint density at radius 3 is 2.83 bits per heavy atom. The van der Waals surface area contributed by atoms with Crippen LogP contribution in [-0.4, -0.2) is 32.1 Å². The highest BCUT2D eigenvalue weighted by Gasteiger charge is 2.07. The lowest BCUT2D eigenvalue weighted by Gasteiger charge is -2.07. The monoisotopic (exact) mass is 321 g/mol. The van der Waals surface area contributed by atoms with Crippen molar-refractivity contribution < 1.29 is 18.3 Å². The molecule has 0 aliphatic carbocycles. The maximum absolute atomic E-state index is 11.8. The first kappa shape index (κ1) is 15.0. The zero-order chi connectivity index (χ0) is 13.5. The van der Waals surface area contributed by atoms with Gasteiger partial charge in [-0.2, -0.15) is 0 Å². The highest BCUT2D eigenvalue weighted by Crippen LogP contribution is 2.17. The standard InChI is InChI=1S/C12H14BrF2NO2/c1-8-2-3-9(6-10(8)13)12(17)16-4-5-18-7-11(14)15/h2-3,6,11H,4-5,7H2,1H3,(H,16,17). The minimum Gasteiger partial charge on any atom is -0.374 e. The van der Waals surface area contributed by atoms with E-state index in [0.717, 1.165) is 10.0 Å². The molecule has 0 aliphatic heterocycles. The summed E-state index contributed by atoms with van der Waals surface area (Å²) in [7, 11) is 0. The van der Waals surface area contributed by atoms with Gasteiger partial charge in [0.1, 0.15) is 6.61 Å². The molecule has 0 aliphatic rings. The number of ether oxygens (including phenoxy) is 1. The van der Waals surface area contributed by atoms with Gasteiger partial charge in [0.25, 0.3) is 12.3 Å². The van der Waals surface area contributed by atoms with Gasteiger partial charge < -0.3 is 10.1 Å². The van der Waals surface area contributed by atoms with E-state index in [9.17, 15) is 13.6 Å². The molecule has 6 heteroatoms. The predicted molar refractivity (Wildman–Crippen MR) is 68.0 cm³/mol. The quantitative estimate of drug-likeness (QED) is 0.818. The smallest absolute Gasteiger partial charge is 0.261 e. The minimum absolute atomic E-state index is 0.0725. The summed E-state index contributed by atoms with van der Waals surface area (Å²) in [5, 5.41) is 2.59. The van der Waals surface area contributed by atoms with Crippen LogP contribution >= 0.6 is 15.9 Å². The zero-order valence-electron chi connectivity index (χ0n) is 9.88. The van der Waals surface area contributed by atoms with Crippen LogP contribution in [0.25, 0.3) is 0 Å². The van der Waals surface area contributed by atoms with Crippen molar-refractivity contribution in [3.8, 4) is 0 Å². The number of halogens is 3. The van der Waals surface area contributed by atoms with Gasteiger partial charge in [-0.15, -0.1) is 0 Å². The van der Waals surface area contributed by atoms with Gasteiger partial charge in [0.2, 0.25) is 0 Å². The maximum Gasteiger partial charge on any atom is 0.261 e. The van der Waals surface area contributed by atoms with E-state index in [1.54, 1.807) is 12.1 Å². The molecule has 1 N–H and O–H groups in total. The van der Waals surface area contributed by atoms with Gasteiger partial charge in [-0.25, -0.2) is 8.78 Å². The Bertz CT molecular complexity index is 413. The Kier molecular flexibility index (Phi) is 6.21. The Hall–Kier alpha value is -1.01. The molecule has 0 heterocycles. The lowest BCUT2D eigenvalue weighted by molar-refractivity contribution is 0.0188. The SMILES string of the molecule is Cc1ccc(C(=O)NCCOCC(F)F)cc1Br.